The molecule has 2 aromatic carbocycles. The zero-order chi connectivity index (χ0) is 19.9. The Morgan fingerprint density at radius 1 is 1.00 bits per heavy atom. The zero-order valence-electron chi connectivity index (χ0n) is 15.7. The molecule has 6 unspecified atom stereocenters. The molecule has 1 heterocycles. The fourth-order valence-corrected chi connectivity index (χ4v) is 5.13. The zero-order valence-corrected chi connectivity index (χ0v) is 15.7. The van der Waals surface area contributed by atoms with E-state index < -0.39 is 29.8 Å². The van der Waals surface area contributed by atoms with E-state index in [0.717, 1.165) is 11.1 Å². The molecule has 146 valence electrons. The van der Waals surface area contributed by atoms with Crippen LogP contribution < -0.4 is 16.4 Å². The average Bonchev–Trinajstić information content (AvgIpc) is 2.69. The van der Waals surface area contributed by atoms with E-state index in [0.29, 0.717) is 0 Å². The third-order valence-corrected chi connectivity index (χ3v) is 6.38. The standard InChI is InChI=1S/C22H25N3O3/c1-13-17(26)12-16(14-8-4-2-5-9-14)22(18(13)15-10-6-3-7-11-15)19(23)24-21(28)25-20(22)27/h2-11,13,16,18-19,21,24,28H,12,23H2,1H3,(H,25,27). The first-order valence-corrected chi connectivity index (χ1v) is 9.59. The molecule has 1 aliphatic carbocycles. The molecule has 6 atom stereocenters. The molecule has 2 fully saturated rings. The molecule has 4 rings (SSSR count). The number of ketones is 1. The molecule has 28 heavy (non-hydrogen) atoms. The highest BCUT2D eigenvalue weighted by Crippen LogP contribution is 2.58. The number of hydrogen-bond acceptors (Lipinski definition) is 5. The van der Waals surface area contributed by atoms with Gasteiger partial charge in [-0.2, -0.15) is 0 Å². The number of carbonyl (C=O) groups excluding carboxylic acids is 2. The van der Waals surface area contributed by atoms with Crippen LogP contribution >= 0.6 is 0 Å². The third kappa shape index (κ3) is 2.76. The number of aliphatic hydroxyl groups is 1. The Hall–Kier alpha value is -2.54. The molecule has 6 heteroatoms. The first kappa shape index (κ1) is 18.8. The van der Waals surface area contributed by atoms with Gasteiger partial charge in [0, 0.05) is 24.2 Å². The maximum atomic E-state index is 13.5. The van der Waals surface area contributed by atoms with Crippen molar-refractivity contribution in [1.82, 2.24) is 10.6 Å². The normalized spacial score (nSPS) is 35.6. The van der Waals surface area contributed by atoms with E-state index in [1.165, 1.54) is 0 Å². The van der Waals surface area contributed by atoms with Gasteiger partial charge in [-0.15, -0.1) is 0 Å². The van der Waals surface area contributed by atoms with Crippen LogP contribution in [0.4, 0.5) is 0 Å². The van der Waals surface area contributed by atoms with Gasteiger partial charge in [-0.25, -0.2) is 0 Å². The largest absolute Gasteiger partial charge is 0.361 e. The van der Waals surface area contributed by atoms with Crippen molar-refractivity contribution < 1.29 is 14.7 Å². The van der Waals surface area contributed by atoms with E-state index in [2.05, 4.69) is 10.6 Å². The summed E-state index contributed by atoms with van der Waals surface area (Å²) in [7, 11) is 0. The molecule has 1 spiro atoms. The Labute approximate surface area is 164 Å². The summed E-state index contributed by atoms with van der Waals surface area (Å²) in [6, 6.07) is 19.2. The Morgan fingerprint density at radius 3 is 2.14 bits per heavy atom. The molecule has 6 nitrogen and oxygen atoms in total. The number of nitrogens with two attached hydrogens (primary N) is 1. The highest BCUT2D eigenvalue weighted by molar-refractivity contribution is 5.93. The molecule has 2 aliphatic rings. The van der Waals surface area contributed by atoms with Gasteiger partial charge in [0.05, 0.1) is 11.6 Å². The van der Waals surface area contributed by atoms with Gasteiger partial charge in [0.15, 0.2) is 6.35 Å². The van der Waals surface area contributed by atoms with Crippen molar-refractivity contribution in [1.29, 1.82) is 0 Å². The number of benzene rings is 2. The van der Waals surface area contributed by atoms with E-state index >= 15 is 0 Å². The van der Waals surface area contributed by atoms with E-state index in [9.17, 15) is 14.7 Å². The van der Waals surface area contributed by atoms with Crippen LogP contribution in [0.25, 0.3) is 0 Å². The summed E-state index contributed by atoms with van der Waals surface area (Å²) in [4.78, 5) is 26.5. The fourth-order valence-electron chi connectivity index (χ4n) is 5.13. The Morgan fingerprint density at radius 2 is 1.57 bits per heavy atom. The van der Waals surface area contributed by atoms with Crippen LogP contribution in [-0.2, 0) is 9.59 Å². The predicted octanol–water partition coefficient (Wildman–Crippen LogP) is 1.43. The summed E-state index contributed by atoms with van der Waals surface area (Å²) in [5.41, 5.74) is 7.22. The molecule has 2 aromatic rings. The summed E-state index contributed by atoms with van der Waals surface area (Å²) in [6.07, 6.45) is -1.80. The topological polar surface area (TPSA) is 104 Å². The van der Waals surface area contributed by atoms with Crippen LogP contribution in [0.2, 0.25) is 0 Å². The van der Waals surface area contributed by atoms with Crippen LogP contribution in [0, 0.1) is 11.3 Å². The molecule has 0 aromatic heterocycles. The quantitative estimate of drug-likeness (QED) is 0.632. The van der Waals surface area contributed by atoms with Gasteiger partial charge >= 0.3 is 0 Å². The molecule has 0 bridgehead atoms. The third-order valence-electron chi connectivity index (χ3n) is 6.38. The molecule has 0 radical (unpaired) electrons. The van der Waals surface area contributed by atoms with Crippen LogP contribution in [0.1, 0.15) is 36.3 Å². The van der Waals surface area contributed by atoms with Crippen molar-refractivity contribution in [3.63, 3.8) is 0 Å². The van der Waals surface area contributed by atoms with E-state index in [1.807, 2.05) is 67.6 Å². The number of hydrogen-bond donors (Lipinski definition) is 4. The predicted molar refractivity (Wildman–Crippen MR) is 105 cm³/mol. The second kappa shape index (κ2) is 7.13. The molecular formula is C22H25N3O3. The number of nitrogens with one attached hydrogen (secondary N) is 2. The molecule has 1 aliphatic heterocycles. The highest BCUT2D eigenvalue weighted by Gasteiger charge is 2.63. The summed E-state index contributed by atoms with van der Waals surface area (Å²) < 4.78 is 0. The smallest absolute Gasteiger partial charge is 0.233 e. The first-order chi connectivity index (χ1) is 13.5. The molecule has 1 amide bonds. The van der Waals surface area contributed by atoms with Crippen LogP contribution in [0.3, 0.4) is 0 Å². The summed E-state index contributed by atoms with van der Waals surface area (Å²) in [5, 5.41) is 15.5. The van der Waals surface area contributed by atoms with Crippen molar-refractivity contribution in [3.05, 3.63) is 71.8 Å². The maximum Gasteiger partial charge on any atom is 0.233 e. The van der Waals surface area contributed by atoms with Gasteiger partial charge in [0.25, 0.3) is 0 Å². The summed E-state index contributed by atoms with van der Waals surface area (Å²) >= 11 is 0. The monoisotopic (exact) mass is 379 g/mol. The minimum Gasteiger partial charge on any atom is -0.361 e. The van der Waals surface area contributed by atoms with Crippen molar-refractivity contribution in [2.75, 3.05) is 0 Å². The Kier molecular flexibility index (Phi) is 4.79. The number of aliphatic hydroxyl groups excluding tert-OH is 1. The fraction of sp³-hybridized carbons (Fsp3) is 0.364. The number of rotatable bonds is 2. The van der Waals surface area contributed by atoms with Crippen molar-refractivity contribution >= 4 is 11.7 Å². The van der Waals surface area contributed by atoms with E-state index in [4.69, 9.17) is 5.73 Å². The average molecular weight is 379 g/mol. The number of Topliss-reactive ketones (excluding diaryl/α,β-unsaturated/α-hetero) is 1. The molecule has 1 saturated carbocycles. The van der Waals surface area contributed by atoms with Gasteiger partial charge in [0.1, 0.15) is 5.78 Å². The van der Waals surface area contributed by atoms with Crippen LogP contribution in [0.15, 0.2) is 60.7 Å². The van der Waals surface area contributed by atoms with Gasteiger partial charge in [-0.1, -0.05) is 67.6 Å². The van der Waals surface area contributed by atoms with Gasteiger partial charge in [0.2, 0.25) is 5.91 Å². The van der Waals surface area contributed by atoms with Crippen LogP contribution in [-0.4, -0.2) is 29.3 Å². The summed E-state index contributed by atoms with van der Waals surface area (Å²) in [5.74, 6) is -1.42. The Balaban J connectivity index is 1.96. The van der Waals surface area contributed by atoms with Gasteiger partial charge in [-0.05, 0) is 11.1 Å². The first-order valence-electron chi connectivity index (χ1n) is 9.59. The second-order valence-corrected chi connectivity index (χ2v) is 7.76. The van der Waals surface area contributed by atoms with Crippen LogP contribution in [0.5, 0.6) is 0 Å². The second-order valence-electron chi connectivity index (χ2n) is 7.76. The van der Waals surface area contributed by atoms with Gasteiger partial charge in [-0.3, -0.25) is 14.9 Å². The molecule has 5 N–H and O–H groups in total. The lowest BCUT2D eigenvalue weighted by Crippen LogP contribution is -2.74. The lowest BCUT2D eigenvalue weighted by Gasteiger charge is -2.56. The van der Waals surface area contributed by atoms with Crippen molar-refractivity contribution in [2.45, 2.75) is 37.7 Å². The van der Waals surface area contributed by atoms with E-state index in [1.54, 1.807) is 0 Å². The highest BCUT2D eigenvalue weighted by atomic mass is 16.3. The maximum absolute atomic E-state index is 13.5. The minimum absolute atomic E-state index is 0.111. The lowest BCUT2D eigenvalue weighted by atomic mass is 9.51. The number of amides is 1. The van der Waals surface area contributed by atoms with Crippen molar-refractivity contribution in [2.24, 2.45) is 17.1 Å². The Bertz CT molecular complexity index is 873. The minimum atomic E-state index is -1.21. The number of carbonyl (C=O) groups is 2. The lowest BCUT2D eigenvalue weighted by molar-refractivity contribution is -0.156. The van der Waals surface area contributed by atoms with Crippen molar-refractivity contribution in [3.8, 4) is 0 Å². The molecule has 1 saturated heterocycles. The summed E-state index contributed by atoms with van der Waals surface area (Å²) in [6.45, 7) is 1.87. The molecular weight excluding hydrogens is 354 g/mol. The van der Waals surface area contributed by atoms with E-state index in [-0.39, 0.29) is 24.0 Å². The van der Waals surface area contributed by atoms with Gasteiger partial charge < -0.3 is 16.2 Å². The SMILES string of the molecule is CC1C(=O)CC(c2ccccc2)C2(C(=O)NC(O)NC2N)C1c1ccccc1.